The Morgan fingerprint density at radius 1 is 1.29 bits per heavy atom. The highest BCUT2D eigenvalue weighted by Crippen LogP contribution is 2.31. The topological polar surface area (TPSA) is 34.4 Å². The summed E-state index contributed by atoms with van der Waals surface area (Å²) in [6.07, 6.45) is -5.05. The van der Waals surface area contributed by atoms with E-state index in [1.807, 2.05) is 18.2 Å². The Morgan fingerprint density at radius 3 is 2.62 bits per heavy atom. The summed E-state index contributed by atoms with van der Waals surface area (Å²) in [5.74, 6) is 1.19. The second-order valence-electron chi connectivity index (χ2n) is 5.14. The van der Waals surface area contributed by atoms with Crippen molar-refractivity contribution in [2.24, 2.45) is 0 Å². The van der Waals surface area contributed by atoms with Crippen molar-refractivity contribution >= 4 is 11.0 Å². The highest BCUT2D eigenvalue weighted by atomic mass is 19.4. The third kappa shape index (κ3) is 3.91. The molecule has 2 rings (SSSR count). The summed E-state index contributed by atoms with van der Waals surface area (Å²) in [4.78, 5) is 0. The smallest absolute Gasteiger partial charge is 0.390 e. The minimum Gasteiger partial charge on any atom is -0.493 e. The molecule has 1 aromatic heterocycles. The van der Waals surface area contributed by atoms with Crippen LogP contribution in [0, 0.1) is 0 Å². The molecule has 3 nitrogen and oxygen atoms in total. The molecule has 0 saturated heterocycles. The minimum atomic E-state index is -4.18. The van der Waals surface area contributed by atoms with Crippen LogP contribution < -0.4 is 10.1 Å². The summed E-state index contributed by atoms with van der Waals surface area (Å²) in [5.41, 5.74) is 0.604. The van der Waals surface area contributed by atoms with Gasteiger partial charge in [0.1, 0.15) is 5.76 Å². The SMILES string of the molecule is COc1cccc2cc(C(C)NC(C)CC(F)(F)F)oc12. The van der Waals surface area contributed by atoms with Crippen molar-refractivity contribution < 1.29 is 22.3 Å². The maximum atomic E-state index is 12.3. The van der Waals surface area contributed by atoms with Crippen LogP contribution in [-0.2, 0) is 0 Å². The summed E-state index contributed by atoms with van der Waals surface area (Å²) >= 11 is 0. The number of benzene rings is 1. The number of alkyl halides is 3. The van der Waals surface area contributed by atoms with Gasteiger partial charge in [0, 0.05) is 11.4 Å². The van der Waals surface area contributed by atoms with Gasteiger partial charge < -0.3 is 14.5 Å². The van der Waals surface area contributed by atoms with E-state index >= 15 is 0 Å². The second-order valence-corrected chi connectivity index (χ2v) is 5.14. The van der Waals surface area contributed by atoms with Crippen LogP contribution in [-0.4, -0.2) is 19.3 Å². The van der Waals surface area contributed by atoms with Crippen LogP contribution in [0.25, 0.3) is 11.0 Å². The van der Waals surface area contributed by atoms with Gasteiger partial charge in [0.2, 0.25) is 0 Å². The number of hydrogen-bond donors (Lipinski definition) is 1. The lowest BCUT2D eigenvalue weighted by Crippen LogP contribution is -2.32. The Morgan fingerprint density at radius 2 is 2.00 bits per heavy atom. The standard InChI is InChI=1S/C15H18F3NO2/c1-9(8-15(16,17)18)19-10(2)13-7-11-5-4-6-12(20-3)14(11)21-13/h4-7,9-10,19H,8H2,1-3H3. The van der Waals surface area contributed by atoms with Crippen LogP contribution in [0.1, 0.15) is 32.1 Å². The number of nitrogens with one attached hydrogen (secondary N) is 1. The summed E-state index contributed by atoms with van der Waals surface area (Å²) in [6.45, 7) is 3.28. The Balaban J connectivity index is 2.14. The van der Waals surface area contributed by atoms with Crippen LogP contribution in [0.5, 0.6) is 5.75 Å². The quantitative estimate of drug-likeness (QED) is 0.887. The first kappa shape index (κ1) is 15.7. The lowest BCUT2D eigenvalue weighted by Gasteiger charge is -2.19. The van der Waals surface area contributed by atoms with Crippen LogP contribution in [0.4, 0.5) is 13.2 Å². The number of ether oxygens (including phenoxy) is 1. The lowest BCUT2D eigenvalue weighted by molar-refractivity contribution is -0.139. The van der Waals surface area contributed by atoms with E-state index in [0.717, 1.165) is 5.39 Å². The molecule has 2 aromatic rings. The van der Waals surface area contributed by atoms with Crippen molar-refractivity contribution in [3.8, 4) is 5.75 Å². The largest absolute Gasteiger partial charge is 0.493 e. The van der Waals surface area contributed by atoms with Crippen molar-refractivity contribution in [3.63, 3.8) is 0 Å². The van der Waals surface area contributed by atoms with Gasteiger partial charge in [-0.25, -0.2) is 0 Å². The van der Waals surface area contributed by atoms with E-state index in [1.165, 1.54) is 6.92 Å². The van der Waals surface area contributed by atoms with E-state index in [2.05, 4.69) is 5.32 Å². The van der Waals surface area contributed by atoms with Crippen molar-refractivity contribution in [2.45, 2.75) is 38.5 Å². The number of hydrogen-bond acceptors (Lipinski definition) is 3. The molecule has 116 valence electrons. The Hall–Kier alpha value is -1.69. The molecular weight excluding hydrogens is 283 g/mol. The molecule has 0 bridgehead atoms. The second kappa shape index (κ2) is 5.97. The van der Waals surface area contributed by atoms with Gasteiger partial charge in [-0.2, -0.15) is 13.2 Å². The van der Waals surface area contributed by atoms with E-state index in [9.17, 15) is 13.2 Å². The normalized spacial score (nSPS) is 15.1. The third-order valence-electron chi connectivity index (χ3n) is 3.25. The molecule has 0 fully saturated rings. The molecule has 2 atom stereocenters. The first-order valence-corrected chi connectivity index (χ1v) is 6.69. The van der Waals surface area contributed by atoms with Crippen molar-refractivity contribution in [1.82, 2.24) is 5.32 Å². The number of fused-ring (bicyclic) bond motifs is 1. The van der Waals surface area contributed by atoms with Crippen LogP contribution in [0.2, 0.25) is 0 Å². The predicted octanol–water partition coefficient (Wildman–Crippen LogP) is 4.43. The molecule has 0 aliphatic heterocycles. The molecule has 1 heterocycles. The van der Waals surface area contributed by atoms with E-state index in [0.29, 0.717) is 17.1 Å². The van der Waals surface area contributed by atoms with Crippen molar-refractivity contribution in [3.05, 3.63) is 30.0 Å². The number of halogens is 3. The average molecular weight is 301 g/mol. The molecule has 6 heteroatoms. The number of para-hydroxylation sites is 1. The fraction of sp³-hybridized carbons (Fsp3) is 0.467. The first-order valence-electron chi connectivity index (χ1n) is 6.69. The fourth-order valence-electron chi connectivity index (χ4n) is 2.35. The van der Waals surface area contributed by atoms with E-state index in [4.69, 9.17) is 9.15 Å². The maximum absolute atomic E-state index is 12.3. The number of rotatable bonds is 5. The van der Waals surface area contributed by atoms with Crippen LogP contribution in [0.3, 0.4) is 0 Å². The monoisotopic (exact) mass is 301 g/mol. The van der Waals surface area contributed by atoms with Gasteiger partial charge in [-0.3, -0.25) is 0 Å². The van der Waals surface area contributed by atoms with Gasteiger partial charge in [0.25, 0.3) is 0 Å². The molecule has 0 saturated carbocycles. The molecule has 21 heavy (non-hydrogen) atoms. The van der Waals surface area contributed by atoms with Gasteiger partial charge in [0.15, 0.2) is 11.3 Å². The molecule has 1 aromatic carbocycles. The lowest BCUT2D eigenvalue weighted by atomic mass is 10.1. The summed E-state index contributed by atoms with van der Waals surface area (Å²) in [7, 11) is 1.55. The molecule has 0 aliphatic carbocycles. The Kier molecular flexibility index (Phi) is 4.46. The molecule has 2 unspecified atom stereocenters. The molecule has 0 radical (unpaired) electrons. The average Bonchev–Trinajstić information content (AvgIpc) is 2.79. The zero-order chi connectivity index (χ0) is 15.6. The Labute approximate surface area is 121 Å². The fourth-order valence-corrected chi connectivity index (χ4v) is 2.35. The van der Waals surface area contributed by atoms with Crippen LogP contribution in [0.15, 0.2) is 28.7 Å². The summed E-state index contributed by atoms with van der Waals surface area (Å²) in [6, 6.07) is 6.30. The predicted molar refractivity (Wildman–Crippen MR) is 74.5 cm³/mol. The van der Waals surface area contributed by atoms with Crippen LogP contribution >= 0.6 is 0 Å². The molecule has 0 amide bonds. The van der Waals surface area contributed by atoms with Gasteiger partial charge in [-0.15, -0.1) is 0 Å². The highest BCUT2D eigenvalue weighted by Gasteiger charge is 2.30. The first-order chi connectivity index (χ1) is 9.80. The van der Waals surface area contributed by atoms with Gasteiger partial charge in [-0.1, -0.05) is 12.1 Å². The van der Waals surface area contributed by atoms with Crippen molar-refractivity contribution in [1.29, 1.82) is 0 Å². The number of furan rings is 1. The summed E-state index contributed by atoms with van der Waals surface area (Å²) < 4.78 is 48.0. The van der Waals surface area contributed by atoms with Gasteiger partial charge >= 0.3 is 6.18 Å². The summed E-state index contributed by atoms with van der Waals surface area (Å²) in [5, 5.41) is 3.76. The molecule has 1 N–H and O–H groups in total. The van der Waals surface area contributed by atoms with E-state index in [-0.39, 0.29) is 6.04 Å². The maximum Gasteiger partial charge on any atom is 0.390 e. The van der Waals surface area contributed by atoms with Crippen molar-refractivity contribution in [2.75, 3.05) is 7.11 Å². The minimum absolute atomic E-state index is 0.320. The van der Waals surface area contributed by atoms with E-state index < -0.39 is 18.6 Å². The molecule has 0 aliphatic rings. The van der Waals surface area contributed by atoms with E-state index in [1.54, 1.807) is 20.1 Å². The molecular formula is C15H18F3NO2. The van der Waals surface area contributed by atoms with Gasteiger partial charge in [0.05, 0.1) is 19.6 Å². The molecule has 0 spiro atoms. The number of methoxy groups -OCH3 is 1. The third-order valence-corrected chi connectivity index (χ3v) is 3.25. The zero-order valence-corrected chi connectivity index (χ0v) is 12.1. The highest BCUT2D eigenvalue weighted by molar-refractivity contribution is 5.83. The van der Waals surface area contributed by atoms with Gasteiger partial charge in [-0.05, 0) is 26.0 Å². The Bertz CT molecular complexity index is 606. The zero-order valence-electron chi connectivity index (χ0n) is 12.1.